The molecule has 128 valence electrons. The average Bonchev–Trinajstić information content (AvgIpc) is 2.55. The SMILES string of the molecule is CCCCCCNC(=O)CCNC(=O)Nc1ccc(OC)cc1. The van der Waals surface area contributed by atoms with Crippen molar-refractivity contribution in [1.29, 1.82) is 0 Å². The predicted molar refractivity (Wildman–Crippen MR) is 91.8 cm³/mol. The number of hydrogen-bond donors (Lipinski definition) is 3. The summed E-state index contributed by atoms with van der Waals surface area (Å²) >= 11 is 0. The predicted octanol–water partition coefficient (Wildman–Crippen LogP) is 2.90. The van der Waals surface area contributed by atoms with Crippen LogP contribution in [0.25, 0.3) is 0 Å². The molecule has 0 atom stereocenters. The summed E-state index contributed by atoms with van der Waals surface area (Å²) < 4.78 is 5.05. The summed E-state index contributed by atoms with van der Waals surface area (Å²) in [6.45, 7) is 3.17. The van der Waals surface area contributed by atoms with Gasteiger partial charge in [-0.25, -0.2) is 4.79 Å². The lowest BCUT2D eigenvalue weighted by atomic mass is 10.2. The largest absolute Gasteiger partial charge is 0.497 e. The molecule has 0 heterocycles. The normalized spacial score (nSPS) is 10.0. The van der Waals surface area contributed by atoms with Gasteiger partial charge >= 0.3 is 6.03 Å². The van der Waals surface area contributed by atoms with Crippen molar-refractivity contribution in [1.82, 2.24) is 10.6 Å². The molecular weight excluding hydrogens is 294 g/mol. The third kappa shape index (κ3) is 8.70. The highest BCUT2D eigenvalue weighted by Crippen LogP contribution is 2.14. The molecular formula is C17H27N3O3. The van der Waals surface area contributed by atoms with Crippen molar-refractivity contribution in [3.8, 4) is 5.75 Å². The number of anilines is 1. The highest BCUT2D eigenvalue weighted by molar-refractivity contribution is 5.89. The molecule has 1 aromatic rings. The lowest BCUT2D eigenvalue weighted by molar-refractivity contribution is -0.120. The number of rotatable bonds is 10. The van der Waals surface area contributed by atoms with Crippen LogP contribution in [0.1, 0.15) is 39.0 Å². The quantitative estimate of drug-likeness (QED) is 0.580. The third-order valence-electron chi connectivity index (χ3n) is 3.34. The Morgan fingerprint density at radius 2 is 1.74 bits per heavy atom. The highest BCUT2D eigenvalue weighted by atomic mass is 16.5. The number of amides is 3. The average molecular weight is 321 g/mol. The Bertz CT molecular complexity index is 474. The second-order valence-electron chi connectivity index (χ2n) is 5.27. The molecule has 0 aliphatic heterocycles. The van der Waals surface area contributed by atoms with Gasteiger partial charge in [0.15, 0.2) is 0 Å². The van der Waals surface area contributed by atoms with Crippen molar-refractivity contribution in [3.05, 3.63) is 24.3 Å². The van der Waals surface area contributed by atoms with Gasteiger partial charge in [-0.3, -0.25) is 4.79 Å². The Balaban J connectivity index is 2.12. The van der Waals surface area contributed by atoms with Crippen LogP contribution in [0.3, 0.4) is 0 Å². The smallest absolute Gasteiger partial charge is 0.319 e. The number of urea groups is 1. The van der Waals surface area contributed by atoms with Crippen LogP contribution in [-0.4, -0.2) is 32.1 Å². The summed E-state index contributed by atoms with van der Waals surface area (Å²) in [5, 5.41) is 8.21. The third-order valence-corrected chi connectivity index (χ3v) is 3.34. The molecule has 0 unspecified atom stereocenters. The first kappa shape index (κ1) is 18.8. The molecule has 0 spiro atoms. The summed E-state index contributed by atoms with van der Waals surface area (Å²) in [5.41, 5.74) is 0.670. The van der Waals surface area contributed by atoms with E-state index in [1.54, 1.807) is 31.4 Å². The minimum Gasteiger partial charge on any atom is -0.497 e. The second-order valence-corrected chi connectivity index (χ2v) is 5.27. The van der Waals surface area contributed by atoms with E-state index in [9.17, 15) is 9.59 Å². The van der Waals surface area contributed by atoms with Crippen molar-refractivity contribution in [2.24, 2.45) is 0 Å². The van der Waals surface area contributed by atoms with Crippen molar-refractivity contribution < 1.29 is 14.3 Å². The first-order valence-corrected chi connectivity index (χ1v) is 8.11. The van der Waals surface area contributed by atoms with Gasteiger partial charge in [0.2, 0.25) is 5.91 Å². The number of nitrogens with one attached hydrogen (secondary N) is 3. The van der Waals surface area contributed by atoms with Crippen LogP contribution < -0.4 is 20.7 Å². The molecule has 0 saturated carbocycles. The zero-order valence-electron chi connectivity index (χ0n) is 14.0. The molecule has 1 rings (SSSR count). The number of ether oxygens (including phenoxy) is 1. The number of carbonyl (C=O) groups excluding carboxylic acids is 2. The lowest BCUT2D eigenvalue weighted by Crippen LogP contribution is -2.33. The topological polar surface area (TPSA) is 79.5 Å². The van der Waals surface area contributed by atoms with E-state index >= 15 is 0 Å². The molecule has 3 N–H and O–H groups in total. The molecule has 23 heavy (non-hydrogen) atoms. The van der Waals surface area contributed by atoms with Crippen LogP contribution in [0.2, 0.25) is 0 Å². The minimum atomic E-state index is -0.328. The molecule has 0 saturated heterocycles. The lowest BCUT2D eigenvalue weighted by Gasteiger charge is -2.08. The molecule has 1 aromatic carbocycles. The van der Waals surface area contributed by atoms with E-state index in [1.807, 2.05) is 0 Å². The van der Waals surface area contributed by atoms with Crippen LogP contribution in [-0.2, 0) is 4.79 Å². The molecule has 0 bridgehead atoms. The van der Waals surface area contributed by atoms with Crippen molar-refractivity contribution in [2.45, 2.75) is 39.0 Å². The van der Waals surface area contributed by atoms with Gasteiger partial charge < -0.3 is 20.7 Å². The summed E-state index contributed by atoms with van der Waals surface area (Å²) in [5.74, 6) is 0.692. The number of methoxy groups -OCH3 is 1. The summed E-state index contributed by atoms with van der Waals surface area (Å²) in [4.78, 5) is 23.3. The number of benzene rings is 1. The summed E-state index contributed by atoms with van der Waals surface area (Å²) in [6.07, 6.45) is 4.80. The van der Waals surface area contributed by atoms with E-state index in [1.165, 1.54) is 12.8 Å². The Morgan fingerprint density at radius 1 is 1.00 bits per heavy atom. The standard InChI is InChI=1S/C17H27N3O3/c1-3-4-5-6-12-18-16(21)11-13-19-17(22)20-14-7-9-15(23-2)10-8-14/h7-10H,3-6,11-13H2,1-2H3,(H,18,21)(H2,19,20,22). The van der Waals surface area contributed by atoms with Gasteiger partial charge in [-0.2, -0.15) is 0 Å². The van der Waals surface area contributed by atoms with Gasteiger partial charge in [-0.1, -0.05) is 26.2 Å². The molecule has 6 nitrogen and oxygen atoms in total. The van der Waals surface area contributed by atoms with E-state index < -0.39 is 0 Å². The number of hydrogen-bond acceptors (Lipinski definition) is 3. The van der Waals surface area contributed by atoms with E-state index in [0.717, 1.165) is 18.6 Å². The van der Waals surface area contributed by atoms with Crippen molar-refractivity contribution in [3.63, 3.8) is 0 Å². The van der Waals surface area contributed by atoms with E-state index in [2.05, 4.69) is 22.9 Å². The maximum absolute atomic E-state index is 11.7. The van der Waals surface area contributed by atoms with Crippen LogP contribution in [0.5, 0.6) is 5.75 Å². The van der Waals surface area contributed by atoms with E-state index in [-0.39, 0.29) is 18.4 Å². The van der Waals surface area contributed by atoms with Crippen LogP contribution in [0.4, 0.5) is 10.5 Å². The van der Waals surface area contributed by atoms with Crippen LogP contribution in [0, 0.1) is 0 Å². The fourth-order valence-corrected chi connectivity index (χ4v) is 2.01. The van der Waals surface area contributed by atoms with Gasteiger partial charge in [0.25, 0.3) is 0 Å². The van der Waals surface area contributed by atoms with Gasteiger partial charge in [0.05, 0.1) is 7.11 Å². The molecule has 0 aliphatic rings. The monoisotopic (exact) mass is 321 g/mol. The summed E-state index contributed by atoms with van der Waals surface area (Å²) in [7, 11) is 1.59. The van der Waals surface area contributed by atoms with Gasteiger partial charge in [0.1, 0.15) is 5.75 Å². The Hall–Kier alpha value is -2.24. The van der Waals surface area contributed by atoms with Crippen LogP contribution >= 0.6 is 0 Å². The minimum absolute atomic E-state index is 0.0359. The van der Waals surface area contributed by atoms with Crippen molar-refractivity contribution in [2.75, 3.05) is 25.5 Å². The molecule has 0 aromatic heterocycles. The zero-order chi connectivity index (χ0) is 16.9. The first-order valence-electron chi connectivity index (χ1n) is 8.11. The van der Waals surface area contributed by atoms with Crippen molar-refractivity contribution >= 4 is 17.6 Å². The van der Waals surface area contributed by atoms with Gasteiger partial charge in [-0.05, 0) is 30.7 Å². The van der Waals surface area contributed by atoms with Crippen LogP contribution in [0.15, 0.2) is 24.3 Å². The Kier molecular flexibility index (Phi) is 9.28. The molecule has 0 fully saturated rings. The maximum atomic E-state index is 11.7. The molecule has 0 radical (unpaired) electrons. The number of unbranched alkanes of at least 4 members (excludes halogenated alkanes) is 3. The zero-order valence-corrected chi connectivity index (χ0v) is 14.0. The van der Waals surface area contributed by atoms with E-state index in [4.69, 9.17) is 4.74 Å². The van der Waals surface area contributed by atoms with Gasteiger partial charge in [-0.15, -0.1) is 0 Å². The van der Waals surface area contributed by atoms with Gasteiger partial charge in [0, 0.05) is 25.2 Å². The molecule has 6 heteroatoms. The first-order chi connectivity index (χ1) is 11.2. The van der Waals surface area contributed by atoms with E-state index in [0.29, 0.717) is 18.8 Å². The maximum Gasteiger partial charge on any atom is 0.319 e. The fourth-order valence-electron chi connectivity index (χ4n) is 2.01. The summed E-state index contributed by atoms with van der Waals surface area (Å²) in [6, 6.07) is 6.71. The fraction of sp³-hybridized carbons (Fsp3) is 0.529. The Labute approximate surface area is 138 Å². The second kappa shape index (κ2) is 11.3. The Morgan fingerprint density at radius 3 is 2.39 bits per heavy atom. The molecule has 3 amide bonds. The molecule has 0 aliphatic carbocycles. The highest BCUT2D eigenvalue weighted by Gasteiger charge is 2.04. The number of carbonyl (C=O) groups is 2.